The van der Waals surface area contributed by atoms with Gasteiger partial charge < -0.3 is 10.4 Å². The molecule has 1 fully saturated rings. The number of carboxylic acid groups (broad SMARTS) is 1. The maximum absolute atomic E-state index is 10.8. The van der Waals surface area contributed by atoms with E-state index in [-0.39, 0.29) is 0 Å². The summed E-state index contributed by atoms with van der Waals surface area (Å²) in [5.41, 5.74) is 1.97. The normalized spacial score (nSPS) is 25.4. The molecule has 1 saturated carbocycles. The van der Waals surface area contributed by atoms with Crippen LogP contribution in [-0.4, -0.2) is 17.1 Å². The zero-order valence-corrected chi connectivity index (χ0v) is 12.6. The van der Waals surface area contributed by atoms with E-state index in [9.17, 15) is 4.79 Å². The number of carboxylic acids is 1. The Labute approximate surface area is 121 Å². The van der Waals surface area contributed by atoms with Gasteiger partial charge in [0.2, 0.25) is 0 Å². The molecule has 1 aliphatic rings. The van der Waals surface area contributed by atoms with Crippen LogP contribution in [0.5, 0.6) is 0 Å². The fraction of sp³-hybridized carbons (Fsp3) is 0.588. The molecule has 2 unspecified atom stereocenters. The van der Waals surface area contributed by atoms with Crippen molar-refractivity contribution in [2.45, 2.75) is 52.6 Å². The number of hydrogen-bond donors (Lipinski definition) is 2. The topological polar surface area (TPSA) is 49.3 Å². The molecule has 0 spiro atoms. The lowest BCUT2D eigenvalue weighted by molar-refractivity contribution is 0.0697. The third-order valence-electron chi connectivity index (χ3n) is 4.46. The van der Waals surface area contributed by atoms with Crippen molar-refractivity contribution >= 4 is 5.97 Å². The van der Waals surface area contributed by atoms with Crippen LogP contribution in [0.4, 0.5) is 0 Å². The van der Waals surface area contributed by atoms with Crippen molar-refractivity contribution in [2.24, 2.45) is 11.3 Å². The second kappa shape index (κ2) is 5.96. The SMILES string of the molecule is CC1CC(C)(C)CCC1NCc1ccc(C(=O)O)cc1. The Morgan fingerprint density at radius 1 is 1.35 bits per heavy atom. The first kappa shape index (κ1) is 15.0. The Morgan fingerprint density at radius 3 is 2.55 bits per heavy atom. The van der Waals surface area contributed by atoms with Crippen LogP contribution in [0.2, 0.25) is 0 Å². The molecule has 0 aromatic heterocycles. The van der Waals surface area contributed by atoms with Crippen molar-refractivity contribution in [2.75, 3.05) is 0 Å². The largest absolute Gasteiger partial charge is 0.478 e. The monoisotopic (exact) mass is 275 g/mol. The van der Waals surface area contributed by atoms with Crippen molar-refractivity contribution in [3.63, 3.8) is 0 Å². The highest BCUT2D eigenvalue weighted by atomic mass is 16.4. The summed E-state index contributed by atoms with van der Waals surface area (Å²) in [7, 11) is 0. The van der Waals surface area contributed by atoms with E-state index in [2.05, 4.69) is 26.1 Å². The minimum Gasteiger partial charge on any atom is -0.478 e. The lowest BCUT2D eigenvalue weighted by Gasteiger charge is -2.39. The predicted octanol–water partition coefficient (Wildman–Crippen LogP) is 3.69. The van der Waals surface area contributed by atoms with E-state index in [1.54, 1.807) is 12.1 Å². The van der Waals surface area contributed by atoms with Crippen LogP contribution in [0.15, 0.2) is 24.3 Å². The molecule has 1 aliphatic carbocycles. The summed E-state index contributed by atoms with van der Waals surface area (Å²) in [6.07, 6.45) is 3.76. The second-order valence-electron chi connectivity index (χ2n) is 6.87. The first-order valence-electron chi connectivity index (χ1n) is 7.43. The Hall–Kier alpha value is -1.35. The van der Waals surface area contributed by atoms with Gasteiger partial charge in [-0.1, -0.05) is 32.9 Å². The molecule has 3 nitrogen and oxygen atoms in total. The van der Waals surface area contributed by atoms with Crippen LogP contribution >= 0.6 is 0 Å². The van der Waals surface area contributed by atoms with E-state index in [0.29, 0.717) is 22.9 Å². The van der Waals surface area contributed by atoms with Crippen molar-refractivity contribution in [3.05, 3.63) is 35.4 Å². The number of benzene rings is 1. The molecule has 0 bridgehead atoms. The van der Waals surface area contributed by atoms with Crippen molar-refractivity contribution < 1.29 is 9.90 Å². The Bertz CT molecular complexity index is 464. The highest BCUT2D eigenvalue weighted by Crippen LogP contribution is 2.38. The molecule has 0 heterocycles. The van der Waals surface area contributed by atoms with E-state index >= 15 is 0 Å². The first-order valence-corrected chi connectivity index (χ1v) is 7.43. The summed E-state index contributed by atoms with van der Waals surface area (Å²) in [6, 6.07) is 7.71. The van der Waals surface area contributed by atoms with Gasteiger partial charge in [0.25, 0.3) is 0 Å². The molecule has 0 amide bonds. The molecule has 1 aromatic rings. The first-order chi connectivity index (χ1) is 9.37. The van der Waals surface area contributed by atoms with Gasteiger partial charge in [0.05, 0.1) is 5.56 Å². The fourth-order valence-corrected chi connectivity index (χ4v) is 3.26. The average molecular weight is 275 g/mol. The lowest BCUT2D eigenvalue weighted by atomic mass is 9.70. The fourth-order valence-electron chi connectivity index (χ4n) is 3.26. The van der Waals surface area contributed by atoms with Gasteiger partial charge in [-0.15, -0.1) is 0 Å². The van der Waals surface area contributed by atoms with E-state index in [0.717, 1.165) is 12.1 Å². The molecule has 0 radical (unpaired) electrons. The van der Waals surface area contributed by atoms with Crippen molar-refractivity contribution in [1.82, 2.24) is 5.32 Å². The molecule has 2 atom stereocenters. The minimum absolute atomic E-state index is 0.349. The van der Waals surface area contributed by atoms with E-state index < -0.39 is 5.97 Å². The lowest BCUT2D eigenvalue weighted by Crippen LogP contribution is -2.41. The molecule has 110 valence electrons. The number of nitrogens with one attached hydrogen (secondary N) is 1. The Balaban J connectivity index is 1.87. The van der Waals surface area contributed by atoms with Crippen LogP contribution < -0.4 is 5.32 Å². The van der Waals surface area contributed by atoms with Crippen LogP contribution in [0.25, 0.3) is 0 Å². The Morgan fingerprint density at radius 2 is 2.00 bits per heavy atom. The van der Waals surface area contributed by atoms with Gasteiger partial charge in [-0.25, -0.2) is 4.79 Å². The van der Waals surface area contributed by atoms with Crippen molar-refractivity contribution in [3.8, 4) is 0 Å². The molecule has 3 heteroatoms. The molecule has 1 aromatic carbocycles. The minimum atomic E-state index is -0.868. The summed E-state index contributed by atoms with van der Waals surface area (Å²) in [5.74, 6) is -0.176. The standard InChI is InChI=1S/C17H25NO2/c1-12-10-17(2,3)9-8-15(12)18-11-13-4-6-14(7-5-13)16(19)20/h4-7,12,15,18H,8-11H2,1-3H3,(H,19,20). The van der Waals surface area contributed by atoms with Crippen LogP contribution in [0.1, 0.15) is 56.0 Å². The van der Waals surface area contributed by atoms with Gasteiger partial charge in [-0.05, 0) is 48.3 Å². The smallest absolute Gasteiger partial charge is 0.335 e. The third-order valence-corrected chi connectivity index (χ3v) is 4.46. The summed E-state index contributed by atoms with van der Waals surface area (Å²) < 4.78 is 0. The number of aromatic carboxylic acids is 1. The summed E-state index contributed by atoms with van der Waals surface area (Å²) in [4.78, 5) is 10.8. The van der Waals surface area contributed by atoms with Crippen LogP contribution in [0.3, 0.4) is 0 Å². The second-order valence-corrected chi connectivity index (χ2v) is 6.87. The van der Waals surface area contributed by atoms with E-state index in [1.807, 2.05) is 12.1 Å². The maximum atomic E-state index is 10.8. The van der Waals surface area contributed by atoms with E-state index in [4.69, 9.17) is 5.11 Å². The predicted molar refractivity (Wildman–Crippen MR) is 80.8 cm³/mol. The van der Waals surface area contributed by atoms with Gasteiger partial charge in [-0.3, -0.25) is 0 Å². The van der Waals surface area contributed by atoms with E-state index in [1.165, 1.54) is 19.3 Å². The molecular formula is C17H25NO2. The van der Waals surface area contributed by atoms with Gasteiger partial charge in [0, 0.05) is 12.6 Å². The molecule has 0 saturated heterocycles. The van der Waals surface area contributed by atoms with Gasteiger partial charge in [0.15, 0.2) is 0 Å². The average Bonchev–Trinajstić information content (AvgIpc) is 2.37. The molecule has 2 rings (SSSR count). The van der Waals surface area contributed by atoms with Crippen LogP contribution in [0, 0.1) is 11.3 Å². The Kier molecular flexibility index (Phi) is 4.48. The molecule has 2 N–H and O–H groups in total. The summed E-state index contributed by atoms with van der Waals surface area (Å²) in [5, 5.41) is 12.5. The highest BCUT2D eigenvalue weighted by Gasteiger charge is 2.31. The molecular weight excluding hydrogens is 250 g/mol. The summed E-state index contributed by atoms with van der Waals surface area (Å²) in [6.45, 7) is 7.84. The number of hydrogen-bond acceptors (Lipinski definition) is 2. The van der Waals surface area contributed by atoms with Gasteiger partial charge in [0.1, 0.15) is 0 Å². The number of rotatable bonds is 4. The zero-order chi connectivity index (χ0) is 14.8. The zero-order valence-electron chi connectivity index (χ0n) is 12.6. The summed E-state index contributed by atoms with van der Waals surface area (Å²) >= 11 is 0. The molecule has 20 heavy (non-hydrogen) atoms. The van der Waals surface area contributed by atoms with Gasteiger partial charge in [-0.2, -0.15) is 0 Å². The number of carbonyl (C=O) groups is 1. The molecule has 0 aliphatic heterocycles. The van der Waals surface area contributed by atoms with Gasteiger partial charge >= 0.3 is 5.97 Å². The van der Waals surface area contributed by atoms with Crippen LogP contribution in [-0.2, 0) is 6.54 Å². The third kappa shape index (κ3) is 3.83. The highest BCUT2D eigenvalue weighted by molar-refractivity contribution is 5.87. The maximum Gasteiger partial charge on any atom is 0.335 e. The van der Waals surface area contributed by atoms with Crippen molar-refractivity contribution in [1.29, 1.82) is 0 Å². The quantitative estimate of drug-likeness (QED) is 0.881.